The van der Waals surface area contributed by atoms with Gasteiger partial charge in [0.25, 0.3) is 0 Å². The Bertz CT molecular complexity index is 317. The smallest absolute Gasteiger partial charge is 0.308 e. The molecule has 3 N–H and O–H groups in total. The van der Waals surface area contributed by atoms with Crippen molar-refractivity contribution in [2.45, 2.75) is 40.0 Å². The summed E-state index contributed by atoms with van der Waals surface area (Å²) in [5, 5.41) is 15.2. The lowest BCUT2D eigenvalue weighted by Crippen LogP contribution is -2.43. The van der Waals surface area contributed by atoms with Crippen molar-refractivity contribution in [2.75, 3.05) is 19.6 Å². The Kier molecular flexibility index (Phi) is 5.79. The molecule has 1 aliphatic rings. The first kappa shape index (κ1) is 16.0. The molecule has 0 bridgehead atoms. The van der Waals surface area contributed by atoms with Crippen molar-refractivity contribution in [1.29, 1.82) is 0 Å². The fourth-order valence-electron chi connectivity index (χ4n) is 2.43. The van der Waals surface area contributed by atoms with E-state index < -0.39 is 11.9 Å². The maximum atomic E-state index is 11.9. The number of amides is 1. The van der Waals surface area contributed by atoms with E-state index in [1.165, 1.54) is 0 Å². The SMILES string of the molecule is CC(C)(C)CC(CNC(=O)[C@@H]1CCCNC1)C(=O)O. The largest absolute Gasteiger partial charge is 0.481 e. The highest BCUT2D eigenvalue weighted by Gasteiger charge is 2.27. The number of hydrogen-bond acceptors (Lipinski definition) is 3. The Balaban J connectivity index is 2.42. The maximum absolute atomic E-state index is 11.9. The van der Waals surface area contributed by atoms with E-state index in [1.54, 1.807) is 0 Å². The topological polar surface area (TPSA) is 78.4 Å². The van der Waals surface area contributed by atoms with E-state index in [0.29, 0.717) is 13.0 Å². The number of nitrogens with one attached hydrogen (secondary N) is 2. The lowest BCUT2D eigenvalue weighted by atomic mass is 9.84. The van der Waals surface area contributed by atoms with Gasteiger partial charge in [0.2, 0.25) is 5.91 Å². The molecule has 0 spiro atoms. The van der Waals surface area contributed by atoms with E-state index >= 15 is 0 Å². The van der Waals surface area contributed by atoms with Crippen LogP contribution in [0.25, 0.3) is 0 Å². The second kappa shape index (κ2) is 6.89. The van der Waals surface area contributed by atoms with Gasteiger partial charge in [0.05, 0.1) is 11.8 Å². The summed E-state index contributed by atoms with van der Waals surface area (Å²) in [6.07, 6.45) is 2.45. The Morgan fingerprint density at radius 2 is 2.11 bits per heavy atom. The number of carbonyl (C=O) groups excluding carboxylic acids is 1. The third-order valence-corrected chi connectivity index (χ3v) is 3.40. The number of piperidine rings is 1. The summed E-state index contributed by atoms with van der Waals surface area (Å²) < 4.78 is 0. The number of carbonyl (C=O) groups is 2. The average Bonchev–Trinajstić information content (AvgIpc) is 2.33. The van der Waals surface area contributed by atoms with Crippen molar-refractivity contribution in [1.82, 2.24) is 10.6 Å². The Hall–Kier alpha value is -1.10. The minimum absolute atomic E-state index is 0.0159. The molecule has 1 rings (SSSR count). The van der Waals surface area contributed by atoms with Gasteiger partial charge in [-0.2, -0.15) is 0 Å². The fraction of sp³-hybridized carbons (Fsp3) is 0.857. The molecule has 0 aromatic rings. The van der Waals surface area contributed by atoms with Crippen molar-refractivity contribution in [3.05, 3.63) is 0 Å². The van der Waals surface area contributed by atoms with Crippen LogP contribution in [-0.2, 0) is 9.59 Å². The van der Waals surface area contributed by atoms with Gasteiger partial charge >= 0.3 is 5.97 Å². The predicted octanol–water partition coefficient (Wildman–Crippen LogP) is 1.24. The minimum atomic E-state index is -0.836. The second-order valence-electron chi connectivity index (χ2n) is 6.59. The molecular weight excluding hydrogens is 244 g/mol. The van der Waals surface area contributed by atoms with Crippen molar-refractivity contribution in [3.63, 3.8) is 0 Å². The minimum Gasteiger partial charge on any atom is -0.481 e. The highest BCUT2D eigenvalue weighted by Crippen LogP contribution is 2.24. The van der Waals surface area contributed by atoms with Gasteiger partial charge < -0.3 is 15.7 Å². The second-order valence-corrected chi connectivity index (χ2v) is 6.59. The van der Waals surface area contributed by atoms with Gasteiger partial charge in [0.15, 0.2) is 0 Å². The van der Waals surface area contributed by atoms with Crippen LogP contribution in [0.3, 0.4) is 0 Å². The molecule has 0 aromatic carbocycles. The summed E-state index contributed by atoms with van der Waals surface area (Å²) in [7, 11) is 0. The zero-order valence-electron chi connectivity index (χ0n) is 12.2. The Morgan fingerprint density at radius 3 is 2.58 bits per heavy atom. The summed E-state index contributed by atoms with van der Waals surface area (Å²) in [6, 6.07) is 0. The monoisotopic (exact) mass is 270 g/mol. The zero-order valence-corrected chi connectivity index (χ0v) is 12.2. The Labute approximate surface area is 115 Å². The van der Waals surface area contributed by atoms with Gasteiger partial charge in [-0.25, -0.2) is 0 Å². The molecule has 0 radical (unpaired) electrons. The van der Waals surface area contributed by atoms with E-state index in [4.69, 9.17) is 0 Å². The van der Waals surface area contributed by atoms with Crippen LogP contribution >= 0.6 is 0 Å². The van der Waals surface area contributed by atoms with Gasteiger partial charge in [-0.05, 0) is 31.2 Å². The van der Waals surface area contributed by atoms with Gasteiger partial charge in [0.1, 0.15) is 0 Å². The van der Waals surface area contributed by atoms with Crippen molar-refractivity contribution < 1.29 is 14.7 Å². The molecule has 0 aliphatic carbocycles. The lowest BCUT2D eigenvalue weighted by Gasteiger charge is -2.25. The number of aliphatic carboxylic acids is 1. The normalized spacial score (nSPS) is 21.7. The molecule has 1 heterocycles. The summed E-state index contributed by atoms with van der Waals surface area (Å²) >= 11 is 0. The summed E-state index contributed by atoms with van der Waals surface area (Å²) in [5.41, 5.74) is -0.0554. The predicted molar refractivity (Wildman–Crippen MR) is 73.8 cm³/mol. The number of rotatable bonds is 5. The first-order valence-corrected chi connectivity index (χ1v) is 7.01. The molecule has 1 aliphatic heterocycles. The van der Waals surface area contributed by atoms with Crippen LogP contribution in [0, 0.1) is 17.3 Å². The summed E-state index contributed by atoms with van der Waals surface area (Å²) in [6.45, 7) is 7.91. The van der Waals surface area contributed by atoms with Gasteiger partial charge in [-0.15, -0.1) is 0 Å². The van der Waals surface area contributed by atoms with E-state index in [0.717, 1.165) is 19.4 Å². The van der Waals surface area contributed by atoms with Crippen molar-refractivity contribution >= 4 is 11.9 Å². The van der Waals surface area contributed by atoms with Gasteiger partial charge in [-0.1, -0.05) is 20.8 Å². The van der Waals surface area contributed by atoms with Gasteiger partial charge in [0, 0.05) is 13.1 Å². The first-order valence-electron chi connectivity index (χ1n) is 7.01. The van der Waals surface area contributed by atoms with Crippen LogP contribution in [-0.4, -0.2) is 36.6 Å². The maximum Gasteiger partial charge on any atom is 0.308 e. The molecule has 1 fully saturated rings. The van der Waals surface area contributed by atoms with Crippen LogP contribution in [0.4, 0.5) is 0 Å². The fourth-order valence-corrected chi connectivity index (χ4v) is 2.43. The molecule has 0 saturated carbocycles. The number of hydrogen-bond donors (Lipinski definition) is 3. The number of carboxylic acids is 1. The van der Waals surface area contributed by atoms with E-state index in [-0.39, 0.29) is 23.8 Å². The zero-order chi connectivity index (χ0) is 14.5. The van der Waals surface area contributed by atoms with Crippen LogP contribution in [0.1, 0.15) is 40.0 Å². The molecule has 5 nitrogen and oxygen atoms in total. The standard InChI is InChI=1S/C14H26N2O3/c1-14(2,3)7-11(13(18)19)9-16-12(17)10-5-4-6-15-8-10/h10-11,15H,4-9H2,1-3H3,(H,16,17)(H,18,19)/t10-,11?/m1/s1. The molecule has 1 unspecified atom stereocenters. The van der Waals surface area contributed by atoms with Crippen molar-refractivity contribution in [3.8, 4) is 0 Å². The molecule has 1 amide bonds. The van der Waals surface area contributed by atoms with Crippen molar-refractivity contribution in [2.24, 2.45) is 17.3 Å². The molecule has 2 atom stereocenters. The molecular formula is C14H26N2O3. The molecule has 0 aromatic heterocycles. The average molecular weight is 270 g/mol. The molecule has 5 heteroatoms. The number of carboxylic acid groups (broad SMARTS) is 1. The van der Waals surface area contributed by atoms with Crippen LogP contribution in [0.15, 0.2) is 0 Å². The van der Waals surface area contributed by atoms with E-state index in [1.807, 2.05) is 20.8 Å². The Morgan fingerprint density at radius 1 is 1.42 bits per heavy atom. The highest BCUT2D eigenvalue weighted by atomic mass is 16.4. The summed E-state index contributed by atoms with van der Waals surface area (Å²) in [4.78, 5) is 23.1. The first-order chi connectivity index (χ1) is 8.79. The van der Waals surface area contributed by atoms with Crippen LogP contribution < -0.4 is 10.6 Å². The third kappa shape index (κ3) is 6.05. The quantitative estimate of drug-likeness (QED) is 0.702. The van der Waals surface area contributed by atoms with E-state index in [2.05, 4.69) is 10.6 Å². The van der Waals surface area contributed by atoms with Crippen LogP contribution in [0.2, 0.25) is 0 Å². The lowest BCUT2D eigenvalue weighted by molar-refractivity contribution is -0.142. The molecule has 110 valence electrons. The molecule has 1 saturated heterocycles. The van der Waals surface area contributed by atoms with Crippen LogP contribution in [0.5, 0.6) is 0 Å². The third-order valence-electron chi connectivity index (χ3n) is 3.40. The summed E-state index contributed by atoms with van der Waals surface area (Å²) in [5.74, 6) is -1.39. The molecule has 19 heavy (non-hydrogen) atoms. The highest BCUT2D eigenvalue weighted by molar-refractivity contribution is 5.80. The van der Waals surface area contributed by atoms with Gasteiger partial charge in [-0.3, -0.25) is 9.59 Å². The van der Waals surface area contributed by atoms with E-state index in [9.17, 15) is 14.7 Å².